The van der Waals surface area contributed by atoms with E-state index in [2.05, 4.69) is 17.5 Å². The lowest BCUT2D eigenvalue weighted by molar-refractivity contribution is 0.297. The maximum atomic E-state index is 11.2. The van der Waals surface area contributed by atoms with E-state index >= 15 is 0 Å². The highest BCUT2D eigenvalue weighted by atomic mass is 32.2. The molecule has 0 amide bonds. The molecule has 1 heterocycles. The monoisotopic (exact) mass is 207 g/mol. The van der Waals surface area contributed by atoms with Gasteiger partial charge < -0.3 is 4.90 Å². The Kier molecular flexibility index (Phi) is 5.27. The summed E-state index contributed by atoms with van der Waals surface area (Å²) >= 11 is 4.18. The van der Waals surface area contributed by atoms with Crippen LogP contribution in [0, 0.1) is 0 Å². The molecule has 0 bridgehead atoms. The van der Waals surface area contributed by atoms with Gasteiger partial charge in [0.05, 0.1) is 0 Å². The average molecular weight is 207 g/mol. The lowest BCUT2D eigenvalue weighted by atomic mass is 10.3. The van der Waals surface area contributed by atoms with Crippen molar-refractivity contribution in [1.82, 2.24) is 4.90 Å². The predicted octanol–water partition coefficient (Wildman–Crippen LogP) is 0.761. The smallest absolute Gasteiger partial charge is 0.0362 e. The molecular formula is C8H17NOS2. The first-order valence-electron chi connectivity index (χ1n) is 4.51. The van der Waals surface area contributed by atoms with E-state index in [1.54, 1.807) is 0 Å². The Morgan fingerprint density at radius 1 is 1.33 bits per heavy atom. The highest BCUT2D eigenvalue weighted by Gasteiger charge is 2.11. The van der Waals surface area contributed by atoms with Gasteiger partial charge >= 0.3 is 0 Å². The summed E-state index contributed by atoms with van der Waals surface area (Å²) in [6.07, 6.45) is 2.24. The number of hydrogen-bond acceptors (Lipinski definition) is 3. The standard InChI is InChI=1S/C8H17NOS2/c10-12-7-2-4-9(5-8-12)3-1-6-11/h11H,1-8H2. The molecule has 0 aromatic heterocycles. The van der Waals surface area contributed by atoms with Crippen LogP contribution in [0.4, 0.5) is 0 Å². The number of thiol groups is 1. The lowest BCUT2D eigenvalue weighted by Crippen LogP contribution is -2.27. The first kappa shape index (κ1) is 10.5. The molecule has 0 radical (unpaired) electrons. The van der Waals surface area contributed by atoms with Crippen molar-refractivity contribution in [3.63, 3.8) is 0 Å². The van der Waals surface area contributed by atoms with Gasteiger partial charge in [-0.15, -0.1) is 0 Å². The molecule has 1 aliphatic rings. The van der Waals surface area contributed by atoms with E-state index in [9.17, 15) is 4.21 Å². The van der Waals surface area contributed by atoms with E-state index < -0.39 is 10.8 Å². The van der Waals surface area contributed by atoms with Crippen LogP contribution in [0.3, 0.4) is 0 Å². The van der Waals surface area contributed by atoms with Crippen LogP contribution in [0.25, 0.3) is 0 Å². The Morgan fingerprint density at radius 3 is 2.92 bits per heavy atom. The zero-order valence-corrected chi connectivity index (χ0v) is 9.08. The van der Waals surface area contributed by atoms with E-state index in [0.717, 1.165) is 49.7 Å². The van der Waals surface area contributed by atoms with Crippen molar-refractivity contribution in [2.24, 2.45) is 0 Å². The zero-order valence-electron chi connectivity index (χ0n) is 7.37. The Hall–Kier alpha value is 0.460. The average Bonchev–Trinajstić information content (AvgIpc) is 2.27. The molecular weight excluding hydrogens is 190 g/mol. The SMILES string of the molecule is O=S1CCCN(CCCS)CC1. The maximum Gasteiger partial charge on any atom is 0.0362 e. The second-order valence-electron chi connectivity index (χ2n) is 3.12. The second kappa shape index (κ2) is 6.00. The van der Waals surface area contributed by atoms with Crippen LogP contribution in [0.2, 0.25) is 0 Å². The summed E-state index contributed by atoms with van der Waals surface area (Å²) in [6, 6.07) is 0. The fraction of sp³-hybridized carbons (Fsp3) is 1.00. The summed E-state index contributed by atoms with van der Waals surface area (Å²) in [5.74, 6) is 2.73. The minimum absolute atomic E-state index is 0.545. The van der Waals surface area contributed by atoms with E-state index in [0.29, 0.717) is 0 Å². The molecule has 0 N–H and O–H groups in total. The van der Waals surface area contributed by atoms with Gasteiger partial charge in [-0.2, -0.15) is 12.6 Å². The van der Waals surface area contributed by atoms with E-state index in [1.807, 2.05) is 0 Å². The minimum atomic E-state index is -0.545. The Bertz CT molecular complexity index is 152. The normalized spacial score (nSPS) is 26.9. The van der Waals surface area contributed by atoms with Crippen molar-refractivity contribution in [3.8, 4) is 0 Å². The predicted molar refractivity (Wildman–Crippen MR) is 57.4 cm³/mol. The molecule has 12 heavy (non-hydrogen) atoms. The van der Waals surface area contributed by atoms with Gasteiger partial charge in [0.15, 0.2) is 0 Å². The van der Waals surface area contributed by atoms with Crippen LogP contribution in [0.15, 0.2) is 0 Å². The summed E-state index contributed by atoms with van der Waals surface area (Å²) in [4.78, 5) is 2.40. The van der Waals surface area contributed by atoms with Crippen molar-refractivity contribution in [1.29, 1.82) is 0 Å². The van der Waals surface area contributed by atoms with Crippen molar-refractivity contribution in [2.45, 2.75) is 12.8 Å². The quantitative estimate of drug-likeness (QED) is 0.690. The van der Waals surface area contributed by atoms with Crippen molar-refractivity contribution >= 4 is 23.4 Å². The molecule has 0 aromatic rings. The van der Waals surface area contributed by atoms with Crippen molar-refractivity contribution in [3.05, 3.63) is 0 Å². The summed E-state index contributed by atoms with van der Waals surface area (Å²) in [7, 11) is -0.545. The first-order valence-corrected chi connectivity index (χ1v) is 6.63. The highest BCUT2D eigenvalue weighted by molar-refractivity contribution is 7.85. The summed E-state index contributed by atoms with van der Waals surface area (Å²) in [6.45, 7) is 3.26. The van der Waals surface area contributed by atoms with Crippen LogP contribution in [-0.2, 0) is 10.8 Å². The van der Waals surface area contributed by atoms with Crippen LogP contribution >= 0.6 is 12.6 Å². The second-order valence-corrected chi connectivity index (χ2v) is 5.26. The Balaban J connectivity index is 2.21. The topological polar surface area (TPSA) is 20.3 Å². The fourth-order valence-corrected chi connectivity index (χ4v) is 2.67. The summed E-state index contributed by atoms with van der Waals surface area (Å²) < 4.78 is 11.2. The van der Waals surface area contributed by atoms with Gasteiger partial charge in [0.2, 0.25) is 0 Å². The molecule has 72 valence electrons. The molecule has 0 spiro atoms. The highest BCUT2D eigenvalue weighted by Crippen LogP contribution is 2.02. The van der Waals surface area contributed by atoms with Gasteiger partial charge in [-0.25, -0.2) is 0 Å². The molecule has 4 heteroatoms. The van der Waals surface area contributed by atoms with Crippen molar-refractivity contribution < 1.29 is 4.21 Å². The zero-order chi connectivity index (χ0) is 8.81. The third kappa shape index (κ3) is 3.92. The molecule has 1 rings (SSSR count). The molecule has 1 aliphatic heterocycles. The van der Waals surface area contributed by atoms with Gasteiger partial charge in [-0.1, -0.05) is 0 Å². The summed E-state index contributed by atoms with van der Waals surface area (Å²) in [5.41, 5.74) is 0. The van der Waals surface area contributed by atoms with E-state index in [4.69, 9.17) is 0 Å². The minimum Gasteiger partial charge on any atom is -0.302 e. The van der Waals surface area contributed by atoms with Gasteiger partial charge in [-0.05, 0) is 31.7 Å². The molecule has 0 saturated carbocycles. The molecule has 1 unspecified atom stereocenters. The van der Waals surface area contributed by atoms with E-state index in [1.165, 1.54) is 0 Å². The molecule has 2 nitrogen and oxygen atoms in total. The number of rotatable bonds is 3. The third-order valence-electron chi connectivity index (χ3n) is 2.11. The van der Waals surface area contributed by atoms with Gasteiger partial charge in [0.1, 0.15) is 0 Å². The number of hydrogen-bond donors (Lipinski definition) is 1. The third-order valence-corrected chi connectivity index (χ3v) is 3.81. The number of nitrogens with zero attached hydrogens (tertiary/aromatic N) is 1. The molecule has 1 fully saturated rings. The molecule has 1 atom stereocenters. The van der Waals surface area contributed by atoms with E-state index in [-0.39, 0.29) is 0 Å². The fourth-order valence-electron chi connectivity index (χ4n) is 1.41. The maximum absolute atomic E-state index is 11.2. The van der Waals surface area contributed by atoms with Gasteiger partial charge in [0.25, 0.3) is 0 Å². The molecule has 0 aromatic carbocycles. The summed E-state index contributed by atoms with van der Waals surface area (Å²) in [5, 5.41) is 0. The van der Waals surface area contributed by atoms with Crippen LogP contribution in [0.1, 0.15) is 12.8 Å². The first-order chi connectivity index (χ1) is 5.83. The van der Waals surface area contributed by atoms with Crippen molar-refractivity contribution in [2.75, 3.05) is 36.9 Å². The molecule has 1 saturated heterocycles. The Morgan fingerprint density at radius 2 is 2.17 bits per heavy atom. The van der Waals surface area contributed by atoms with Crippen LogP contribution < -0.4 is 0 Å². The van der Waals surface area contributed by atoms with Gasteiger partial charge in [0, 0.05) is 28.9 Å². The Labute approximate surface area is 82.6 Å². The van der Waals surface area contributed by atoms with Gasteiger partial charge in [-0.3, -0.25) is 4.21 Å². The lowest BCUT2D eigenvalue weighted by Gasteiger charge is -2.18. The molecule has 0 aliphatic carbocycles. The van der Waals surface area contributed by atoms with Crippen LogP contribution in [0.5, 0.6) is 0 Å². The van der Waals surface area contributed by atoms with Crippen LogP contribution in [-0.4, -0.2) is 46.0 Å². The largest absolute Gasteiger partial charge is 0.302 e.